The Morgan fingerprint density at radius 3 is 2.61 bits per heavy atom. The fourth-order valence-electron chi connectivity index (χ4n) is 5.65. The van der Waals surface area contributed by atoms with Crippen LogP contribution < -0.4 is 9.64 Å². The minimum absolute atomic E-state index is 0.139. The Kier molecular flexibility index (Phi) is 6.27. The van der Waals surface area contributed by atoms with Crippen molar-refractivity contribution < 1.29 is 18.6 Å². The zero-order chi connectivity index (χ0) is 24.8. The molecule has 9 nitrogen and oxygen atoms in total. The number of likely N-dealkylation sites (tertiary alicyclic amines) is 1. The lowest BCUT2D eigenvalue weighted by atomic mass is 9.84. The van der Waals surface area contributed by atoms with Crippen LogP contribution in [0.4, 0.5) is 10.2 Å². The van der Waals surface area contributed by atoms with Gasteiger partial charge in [-0.15, -0.1) is 0 Å². The van der Waals surface area contributed by atoms with Gasteiger partial charge in [0.15, 0.2) is 5.82 Å². The fourth-order valence-corrected chi connectivity index (χ4v) is 5.65. The van der Waals surface area contributed by atoms with E-state index >= 15 is 4.39 Å². The average Bonchev–Trinajstić information content (AvgIpc) is 3.25. The summed E-state index contributed by atoms with van der Waals surface area (Å²) >= 11 is 0. The number of benzene rings is 1. The highest BCUT2D eigenvalue weighted by Crippen LogP contribution is 2.36. The van der Waals surface area contributed by atoms with E-state index in [0.717, 1.165) is 60.6 Å². The molecule has 3 fully saturated rings. The second kappa shape index (κ2) is 9.57. The molecular weight excluding hydrogens is 463 g/mol. The zero-order valence-electron chi connectivity index (χ0n) is 21.1. The number of hydrogen-bond donors (Lipinski definition) is 0. The summed E-state index contributed by atoms with van der Waals surface area (Å²) in [5, 5.41) is 5.65. The van der Waals surface area contributed by atoms with Crippen molar-refractivity contribution in [1.82, 2.24) is 24.6 Å². The van der Waals surface area contributed by atoms with Gasteiger partial charge >= 0.3 is 6.01 Å². The van der Waals surface area contributed by atoms with Crippen LogP contribution in [-0.2, 0) is 9.47 Å². The van der Waals surface area contributed by atoms with Gasteiger partial charge in [0, 0.05) is 30.5 Å². The first-order valence-corrected chi connectivity index (χ1v) is 12.7. The normalized spacial score (nSPS) is 25.8. The number of anilines is 1. The highest BCUT2D eigenvalue weighted by Gasteiger charge is 2.36. The lowest BCUT2D eigenvalue weighted by molar-refractivity contribution is -0.0807. The van der Waals surface area contributed by atoms with E-state index in [2.05, 4.69) is 50.8 Å². The number of rotatable bonds is 5. The molecule has 1 aromatic carbocycles. The molecule has 0 radical (unpaired) electrons. The molecule has 192 valence electrons. The molecule has 10 heteroatoms. The minimum Gasteiger partial charge on any atom is -0.467 e. The summed E-state index contributed by atoms with van der Waals surface area (Å²) < 4.78 is 33.6. The van der Waals surface area contributed by atoms with Gasteiger partial charge in [0.1, 0.15) is 12.0 Å². The SMILES string of the molecule is COc1nc(N2CCOCC2C)cc(-n2ncc3cc(C)c(C4CCN(C5COC5)CC4F)cc32)n1. The van der Waals surface area contributed by atoms with Crippen LogP contribution in [0, 0.1) is 6.92 Å². The maximum absolute atomic E-state index is 15.5. The largest absolute Gasteiger partial charge is 0.467 e. The first kappa shape index (κ1) is 23.6. The number of aryl methyl sites for hydroxylation is 1. The summed E-state index contributed by atoms with van der Waals surface area (Å²) in [4.78, 5) is 13.6. The number of morpholine rings is 1. The van der Waals surface area contributed by atoms with E-state index in [-0.39, 0.29) is 18.0 Å². The molecule has 0 spiro atoms. The summed E-state index contributed by atoms with van der Waals surface area (Å²) in [6.45, 7) is 9.00. The van der Waals surface area contributed by atoms with E-state index in [0.29, 0.717) is 31.6 Å². The second-order valence-electron chi connectivity index (χ2n) is 10.1. The van der Waals surface area contributed by atoms with Crippen molar-refractivity contribution in [1.29, 1.82) is 0 Å². The monoisotopic (exact) mass is 496 g/mol. The minimum atomic E-state index is -0.916. The van der Waals surface area contributed by atoms with Crippen molar-refractivity contribution in [2.75, 3.05) is 58.1 Å². The number of halogens is 1. The summed E-state index contributed by atoms with van der Waals surface area (Å²) in [6, 6.07) is 6.99. The van der Waals surface area contributed by atoms with Gasteiger partial charge in [0.25, 0.3) is 0 Å². The lowest BCUT2D eigenvalue weighted by Gasteiger charge is -2.43. The third-order valence-electron chi connectivity index (χ3n) is 7.81. The molecule has 3 aliphatic heterocycles. The molecule has 3 aromatic rings. The number of aromatic nitrogens is 4. The van der Waals surface area contributed by atoms with Crippen LogP contribution in [0.5, 0.6) is 6.01 Å². The Morgan fingerprint density at radius 1 is 1.06 bits per heavy atom. The Morgan fingerprint density at radius 2 is 1.89 bits per heavy atom. The Hall–Kier alpha value is -2.82. The quantitative estimate of drug-likeness (QED) is 0.534. The number of nitrogens with zero attached hydrogens (tertiary/aromatic N) is 6. The van der Waals surface area contributed by atoms with Crippen molar-refractivity contribution in [3.05, 3.63) is 35.5 Å². The van der Waals surface area contributed by atoms with Crippen LogP contribution in [0.25, 0.3) is 16.7 Å². The first-order valence-electron chi connectivity index (χ1n) is 12.7. The lowest BCUT2D eigenvalue weighted by Crippen LogP contribution is -2.54. The molecule has 3 saturated heterocycles. The van der Waals surface area contributed by atoms with Gasteiger partial charge in [-0.25, -0.2) is 9.07 Å². The molecule has 3 aliphatic rings. The number of ether oxygens (including phenoxy) is 3. The summed E-state index contributed by atoms with van der Waals surface area (Å²) in [5.74, 6) is 1.26. The van der Waals surface area contributed by atoms with E-state index in [1.165, 1.54) is 0 Å². The molecule has 6 rings (SSSR count). The molecular formula is C26H33FN6O3. The van der Waals surface area contributed by atoms with E-state index in [1.54, 1.807) is 7.11 Å². The molecule has 2 aromatic heterocycles. The van der Waals surface area contributed by atoms with Gasteiger partial charge in [0.2, 0.25) is 0 Å². The number of fused-ring (bicyclic) bond motifs is 1. The Balaban J connectivity index is 1.35. The van der Waals surface area contributed by atoms with Gasteiger partial charge in [-0.05, 0) is 50.1 Å². The molecule has 0 amide bonds. The molecule has 36 heavy (non-hydrogen) atoms. The molecule has 0 bridgehead atoms. The molecule has 3 atom stereocenters. The van der Waals surface area contributed by atoms with Crippen molar-refractivity contribution in [3.8, 4) is 11.8 Å². The number of alkyl halides is 1. The van der Waals surface area contributed by atoms with Crippen molar-refractivity contribution >= 4 is 16.7 Å². The predicted molar refractivity (Wildman–Crippen MR) is 134 cm³/mol. The molecule has 0 aliphatic carbocycles. The summed E-state index contributed by atoms with van der Waals surface area (Å²) in [5.41, 5.74) is 3.04. The molecule has 0 saturated carbocycles. The summed E-state index contributed by atoms with van der Waals surface area (Å²) in [7, 11) is 1.57. The maximum atomic E-state index is 15.5. The highest BCUT2D eigenvalue weighted by atomic mass is 19.1. The van der Waals surface area contributed by atoms with Crippen molar-refractivity contribution in [2.24, 2.45) is 0 Å². The Labute approximate surface area is 210 Å². The van der Waals surface area contributed by atoms with Crippen LogP contribution in [0.15, 0.2) is 24.4 Å². The van der Waals surface area contributed by atoms with Crippen molar-refractivity contribution in [3.63, 3.8) is 0 Å². The van der Waals surface area contributed by atoms with Crippen LogP contribution >= 0.6 is 0 Å². The van der Waals surface area contributed by atoms with Gasteiger partial charge in [-0.2, -0.15) is 15.1 Å². The van der Waals surface area contributed by atoms with E-state index in [4.69, 9.17) is 14.2 Å². The van der Waals surface area contributed by atoms with Crippen LogP contribution in [0.1, 0.15) is 30.4 Å². The number of hydrogen-bond acceptors (Lipinski definition) is 8. The van der Waals surface area contributed by atoms with E-state index < -0.39 is 6.17 Å². The fraction of sp³-hybridized carbons (Fsp3) is 0.577. The molecule has 0 N–H and O–H groups in total. The average molecular weight is 497 g/mol. The number of piperidine rings is 1. The number of methoxy groups -OCH3 is 1. The Bertz CT molecular complexity index is 1250. The standard InChI is InChI=1S/C26H33FN6O3/c1-16-8-18-11-28-33(25-10-24(29-26(30-25)34-3)32-6-7-35-13-17(32)2)23(18)9-21(16)20-4-5-31(12-22(20)27)19-14-36-15-19/h8-11,17,19-20,22H,4-7,12-15H2,1-3H3. The van der Waals surface area contributed by atoms with E-state index in [9.17, 15) is 0 Å². The predicted octanol–water partition coefficient (Wildman–Crippen LogP) is 2.88. The maximum Gasteiger partial charge on any atom is 0.320 e. The topological polar surface area (TPSA) is 77.8 Å². The zero-order valence-corrected chi connectivity index (χ0v) is 21.1. The van der Waals surface area contributed by atoms with Gasteiger partial charge in [-0.3, -0.25) is 4.90 Å². The van der Waals surface area contributed by atoms with E-state index in [1.807, 2.05) is 16.9 Å². The van der Waals surface area contributed by atoms with Crippen LogP contribution in [-0.4, -0.2) is 96.1 Å². The molecule has 5 heterocycles. The summed E-state index contributed by atoms with van der Waals surface area (Å²) in [6.07, 6.45) is 1.71. The van der Waals surface area contributed by atoms with Gasteiger partial charge < -0.3 is 19.1 Å². The van der Waals surface area contributed by atoms with Crippen LogP contribution in [0.3, 0.4) is 0 Å². The van der Waals surface area contributed by atoms with Gasteiger partial charge in [-0.1, -0.05) is 0 Å². The van der Waals surface area contributed by atoms with Crippen LogP contribution in [0.2, 0.25) is 0 Å². The third-order valence-corrected chi connectivity index (χ3v) is 7.81. The molecule has 3 unspecified atom stereocenters. The highest BCUT2D eigenvalue weighted by molar-refractivity contribution is 5.82. The smallest absolute Gasteiger partial charge is 0.320 e. The van der Waals surface area contributed by atoms with Crippen molar-refractivity contribution in [2.45, 2.75) is 44.4 Å². The second-order valence-corrected chi connectivity index (χ2v) is 10.1. The first-order chi connectivity index (χ1) is 17.5. The van der Waals surface area contributed by atoms with Gasteiger partial charge in [0.05, 0.1) is 57.3 Å². The third kappa shape index (κ3) is 4.21.